The molecule has 0 bridgehead atoms. The molecule has 0 spiro atoms. The zero-order chi connectivity index (χ0) is 23.4. The number of benzene rings is 2. The molecule has 1 fully saturated rings. The molecule has 2 heterocycles. The zero-order valence-corrected chi connectivity index (χ0v) is 18.3. The number of nitrogens with one attached hydrogen (secondary N) is 1. The van der Waals surface area contributed by atoms with Gasteiger partial charge in [0.15, 0.2) is 11.5 Å². The van der Waals surface area contributed by atoms with Gasteiger partial charge < -0.3 is 25.2 Å². The third-order valence-electron chi connectivity index (χ3n) is 5.94. The highest BCUT2D eigenvalue weighted by Gasteiger charge is 2.24. The van der Waals surface area contributed by atoms with Gasteiger partial charge in [-0.1, -0.05) is 13.5 Å². The van der Waals surface area contributed by atoms with Gasteiger partial charge in [0.05, 0.1) is 12.6 Å². The van der Waals surface area contributed by atoms with E-state index in [2.05, 4.69) is 20.2 Å². The quantitative estimate of drug-likeness (QED) is 0.489. The van der Waals surface area contributed by atoms with Crippen molar-refractivity contribution in [1.29, 1.82) is 0 Å². The van der Waals surface area contributed by atoms with Crippen molar-refractivity contribution in [2.75, 3.05) is 25.1 Å². The monoisotopic (exact) mass is 466 g/mol. The molecule has 3 aromatic rings. The number of carboxylic acid groups (broad SMARTS) is 1. The number of hydrogen-bond acceptors (Lipinski definition) is 7. The molecule has 1 aromatic heterocycles. The van der Waals surface area contributed by atoms with Crippen molar-refractivity contribution in [2.24, 2.45) is 5.92 Å². The number of hydrogen-bond donors (Lipinski definition) is 3. The summed E-state index contributed by atoms with van der Waals surface area (Å²) in [7, 11) is 1.53. The third kappa shape index (κ3) is 5.36. The van der Waals surface area contributed by atoms with Crippen LogP contribution in [0.5, 0.6) is 11.5 Å². The molecule has 0 saturated heterocycles. The first-order valence-corrected chi connectivity index (χ1v) is 10.8. The van der Waals surface area contributed by atoms with Crippen LogP contribution in [0.1, 0.15) is 41.8 Å². The summed E-state index contributed by atoms with van der Waals surface area (Å²) in [6.45, 7) is 2.02. The number of nitrogens with zero attached hydrogens (tertiary/aromatic N) is 3. The SMILES string of the molecule is C.COc1cc2c(N3CCc4cc(C(=O)NCC5CC5)ccc4C3)ncnc2cc1O.O=CO. The highest BCUT2D eigenvalue weighted by molar-refractivity contribution is 5.95. The largest absolute Gasteiger partial charge is 0.504 e. The Balaban J connectivity index is 0.000000771. The van der Waals surface area contributed by atoms with Gasteiger partial charge in [0.25, 0.3) is 12.4 Å². The number of ether oxygens (including phenoxy) is 1. The third-order valence-corrected chi connectivity index (χ3v) is 5.94. The van der Waals surface area contributed by atoms with Crippen LogP contribution >= 0.6 is 0 Å². The number of anilines is 1. The Labute approximate surface area is 198 Å². The second-order valence-electron chi connectivity index (χ2n) is 8.15. The summed E-state index contributed by atoms with van der Waals surface area (Å²) in [5, 5.41) is 20.8. The van der Waals surface area contributed by atoms with E-state index in [1.807, 2.05) is 18.2 Å². The topological polar surface area (TPSA) is 125 Å². The van der Waals surface area contributed by atoms with E-state index >= 15 is 0 Å². The maximum absolute atomic E-state index is 12.4. The molecule has 1 saturated carbocycles. The molecular formula is C25H30N4O5. The van der Waals surface area contributed by atoms with Crippen molar-refractivity contribution in [1.82, 2.24) is 15.3 Å². The molecular weight excluding hydrogens is 436 g/mol. The first-order valence-electron chi connectivity index (χ1n) is 10.8. The molecule has 180 valence electrons. The molecule has 2 aliphatic rings. The average Bonchev–Trinajstić information content (AvgIpc) is 3.66. The standard InChI is InChI=1S/C23H24N4O3.CH2O2.CH4/c1-30-21-9-18-19(10-20(21)28)25-13-26-22(18)27-7-6-15-8-16(4-5-17(15)12-27)23(29)24-11-14-2-3-14;2-1-3;/h4-5,8-10,13-14,28H,2-3,6-7,11-12H2,1H3,(H,24,29);1H,(H,2,3);1H4. The van der Waals surface area contributed by atoms with Crippen LogP contribution in [0.4, 0.5) is 5.82 Å². The van der Waals surface area contributed by atoms with Crippen molar-refractivity contribution in [3.8, 4) is 11.5 Å². The second kappa shape index (κ2) is 10.8. The Morgan fingerprint density at radius 3 is 2.71 bits per heavy atom. The number of carbonyl (C=O) groups excluding carboxylic acids is 1. The Hall–Kier alpha value is -3.88. The molecule has 5 rings (SSSR count). The van der Waals surface area contributed by atoms with Crippen LogP contribution in [0.15, 0.2) is 36.7 Å². The lowest BCUT2D eigenvalue weighted by atomic mass is 9.96. The first kappa shape index (κ1) is 24.8. The van der Waals surface area contributed by atoms with Crippen LogP contribution in [-0.4, -0.2) is 52.8 Å². The number of amides is 1. The van der Waals surface area contributed by atoms with Crippen molar-refractivity contribution in [3.05, 3.63) is 53.3 Å². The fraction of sp³-hybridized carbons (Fsp3) is 0.360. The summed E-state index contributed by atoms with van der Waals surface area (Å²) in [4.78, 5) is 31.8. The molecule has 9 nitrogen and oxygen atoms in total. The predicted octanol–water partition coefficient (Wildman–Crippen LogP) is 3.38. The maximum atomic E-state index is 12.4. The van der Waals surface area contributed by atoms with E-state index in [1.165, 1.54) is 37.4 Å². The molecule has 1 amide bonds. The molecule has 34 heavy (non-hydrogen) atoms. The fourth-order valence-corrected chi connectivity index (χ4v) is 4.01. The molecule has 1 aliphatic heterocycles. The summed E-state index contributed by atoms with van der Waals surface area (Å²) in [5.41, 5.74) is 3.80. The summed E-state index contributed by atoms with van der Waals surface area (Å²) < 4.78 is 5.26. The minimum atomic E-state index is -0.250. The van der Waals surface area contributed by atoms with Gasteiger partial charge in [-0.3, -0.25) is 9.59 Å². The van der Waals surface area contributed by atoms with E-state index in [9.17, 15) is 9.90 Å². The van der Waals surface area contributed by atoms with Crippen molar-refractivity contribution >= 4 is 29.1 Å². The number of methoxy groups -OCH3 is 1. The Morgan fingerprint density at radius 1 is 1.24 bits per heavy atom. The Kier molecular flexibility index (Phi) is 7.88. The van der Waals surface area contributed by atoms with Gasteiger partial charge in [-0.05, 0) is 54.5 Å². The van der Waals surface area contributed by atoms with Gasteiger partial charge in [-0.15, -0.1) is 0 Å². The minimum Gasteiger partial charge on any atom is -0.504 e. The normalized spacial score (nSPS) is 14.2. The molecule has 2 aromatic carbocycles. The van der Waals surface area contributed by atoms with Crippen LogP contribution in [0, 0.1) is 5.92 Å². The lowest BCUT2D eigenvalue weighted by Crippen LogP contribution is -2.32. The predicted molar refractivity (Wildman–Crippen MR) is 129 cm³/mol. The number of fused-ring (bicyclic) bond motifs is 2. The van der Waals surface area contributed by atoms with Crippen molar-refractivity contribution < 1.29 is 24.5 Å². The van der Waals surface area contributed by atoms with Crippen LogP contribution in [0.2, 0.25) is 0 Å². The van der Waals surface area contributed by atoms with E-state index in [0.29, 0.717) is 23.7 Å². The second-order valence-corrected chi connectivity index (χ2v) is 8.15. The van der Waals surface area contributed by atoms with E-state index in [1.54, 1.807) is 12.1 Å². The summed E-state index contributed by atoms with van der Waals surface area (Å²) >= 11 is 0. The molecule has 0 atom stereocenters. The number of aromatic nitrogens is 2. The van der Waals surface area contributed by atoms with Crippen LogP contribution in [-0.2, 0) is 17.8 Å². The lowest BCUT2D eigenvalue weighted by molar-refractivity contribution is -0.122. The highest BCUT2D eigenvalue weighted by atomic mass is 16.5. The first-order chi connectivity index (χ1) is 16.0. The molecule has 1 aliphatic carbocycles. The van der Waals surface area contributed by atoms with Crippen LogP contribution < -0.4 is 15.0 Å². The smallest absolute Gasteiger partial charge is 0.290 e. The minimum absolute atomic E-state index is 0. The molecule has 3 N–H and O–H groups in total. The number of carbonyl (C=O) groups is 2. The van der Waals surface area contributed by atoms with E-state index in [-0.39, 0.29) is 25.6 Å². The van der Waals surface area contributed by atoms with E-state index in [0.717, 1.165) is 36.3 Å². The van der Waals surface area contributed by atoms with Gasteiger partial charge in [0.2, 0.25) is 0 Å². The van der Waals surface area contributed by atoms with Gasteiger partial charge >= 0.3 is 0 Å². The van der Waals surface area contributed by atoms with Gasteiger partial charge in [0, 0.05) is 36.7 Å². The summed E-state index contributed by atoms with van der Waals surface area (Å²) in [5.74, 6) is 1.96. The van der Waals surface area contributed by atoms with E-state index < -0.39 is 0 Å². The van der Waals surface area contributed by atoms with Gasteiger partial charge in [-0.2, -0.15) is 0 Å². The number of phenols is 1. The van der Waals surface area contributed by atoms with Crippen LogP contribution in [0.3, 0.4) is 0 Å². The van der Waals surface area contributed by atoms with Gasteiger partial charge in [0.1, 0.15) is 12.1 Å². The number of aromatic hydroxyl groups is 1. The summed E-state index contributed by atoms with van der Waals surface area (Å²) in [6.07, 6.45) is 4.80. The van der Waals surface area contributed by atoms with Crippen molar-refractivity contribution in [3.63, 3.8) is 0 Å². The fourth-order valence-electron chi connectivity index (χ4n) is 4.01. The number of rotatable bonds is 5. The highest BCUT2D eigenvalue weighted by Crippen LogP contribution is 2.35. The van der Waals surface area contributed by atoms with E-state index in [4.69, 9.17) is 14.6 Å². The average molecular weight is 467 g/mol. The van der Waals surface area contributed by atoms with Gasteiger partial charge in [-0.25, -0.2) is 9.97 Å². The summed E-state index contributed by atoms with van der Waals surface area (Å²) in [6, 6.07) is 9.35. The van der Waals surface area contributed by atoms with Crippen LogP contribution in [0.25, 0.3) is 10.9 Å². The molecule has 0 radical (unpaired) electrons. The lowest BCUT2D eigenvalue weighted by Gasteiger charge is -2.30. The Morgan fingerprint density at radius 2 is 2.00 bits per heavy atom. The zero-order valence-electron chi connectivity index (χ0n) is 18.3. The Bertz CT molecular complexity index is 1180. The maximum Gasteiger partial charge on any atom is 0.290 e. The molecule has 9 heteroatoms. The van der Waals surface area contributed by atoms with Crippen molar-refractivity contribution in [2.45, 2.75) is 33.2 Å². The molecule has 0 unspecified atom stereocenters. The number of phenolic OH excluding ortho intramolecular Hbond substituents is 1.